The summed E-state index contributed by atoms with van der Waals surface area (Å²) in [5.41, 5.74) is 0.861. The number of carbonyl (C=O) groups excluding carboxylic acids is 3. The van der Waals surface area contributed by atoms with Crippen LogP contribution in [0.4, 0.5) is 5.69 Å². The van der Waals surface area contributed by atoms with E-state index in [1.165, 1.54) is 0 Å². The van der Waals surface area contributed by atoms with Gasteiger partial charge in [0, 0.05) is 12.5 Å². The highest BCUT2D eigenvalue weighted by atomic mass is 16.5. The van der Waals surface area contributed by atoms with Crippen molar-refractivity contribution in [1.82, 2.24) is 5.32 Å². The van der Waals surface area contributed by atoms with Gasteiger partial charge in [-0.3, -0.25) is 14.4 Å². The zero-order chi connectivity index (χ0) is 19.1. The van der Waals surface area contributed by atoms with Crippen LogP contribution in [0, 0.1) is 5.92 Å². The molecule has 2 amide bonds. The van der Waals surface area contributed by atoms with Gasteiger partial charge in [-0.1, -0.05) is 37.8 Å². The summed E-state index contributed by atoms with van der Waals surface area (Å²) in [5, 5.41) is 5.71. The fourth-order valence-corrected chi connectivity index (χ4v) is 3.96. The van der Waals surface area contributed by atoms with Gasteiger partial charge in [0.25, 0.3) is 11.8 Å². The van der Waals surface area contributed by atoms with Crippen LogP contribution in [-0.2, 0) is 14.3 Å². The predicted octanol–water partition coefficient (Wildman–Crippen LogP) is 3.42. The van der Waals surface area contributed by atoms with Crippen molar-refractivity contribution in [3.05, 3.63) is 29.8 Å². The van der Waals surface area contributed by atoms with Gasteiger partial charge >= 0.3 is 5.97 Å². The van der Waals surface area contributed by atoms with Gasteiger partial charge in [-0.15, -0.1) is 0 Å². The standard InChI is InChI=1S/C21H28N2O4/c24-19(14-27-20(25)13-15-7-1-2-8-15)23-18-12-6-5-11-17(18)21(26)22-16-9-3-4-10-16/h5-6,11-12,15-16H,1-4,7-10,13-14H2,(H,22,26)(H,23,24). The monoisotopic (exact) mass is 372 g/mol. The summed E-state index contributed by atoms with van der Waals surface area (Å²) >= 11 is 0. The third-order valence-electron chi connectivity index (χ3n) is 5.43. The molecular weight excluding hydrogens is 344 g/mol. The Hall–Kier alpha value is -2.37. The Balaban J connectivity index is 1.49. The van der Waals surface area contributed by atoms with E-state index in [1.807, 2.05) is 0 Å². The normalized spacial score (nSPS) is 17.6. The number of hydrogen-bond donors (Lipinski definition) is 2. The molecule has 2 saturated carbocycles. The Morgan fingerprint density at radius 3 is 2.37 bits per heavy atom. The largest absolute Gasteiger partial charge is 0.456 e. The lowest BCUT2D eigenvalue weighted by atomic mass is 10.0. The van der Waals surface area contributed by atoms with Crippen molar-refractivity contribution >= 4 is 23.5 Å². The number of anilines is 1. The van der Waals surface area contributed by atoms with Crippen molar-refractivity contribution in [3.8, 4) is 0 Å². The van der Waals surface area contributed by atoms with E-state index in [1.54, 1.807) is 24.3 Å². The molecule has 0 unspecified atom stereocenters. The maximum Gasteiger partial charge on any atom is 0.306 e. The number of rotatable bonds is 7. The molecule has 2 fully saturated rings. The van der Waals surface area contributed by atoms with Gasteiger partial charge in [0.2, 0.25) is 0 Å². The quantitative estimate of drug-likeness (QED) is 0.718. The molecular formula is C21H28N2O4. The van der Waals surface area contributed by atoms with Crippen LogP contribution in [0.3, 0.4) is 0 Å². The molecule has 1 aromatic carbocycles. The molecule has 2 N–H and O–H groups in total. The van der Waals surface area contributed by atoms with Gasteiger partial charge in [0.05, 0.1) is 11.3 Å². The number of amides is 2. The van der Waals surface area contributed by atoms with Gasteiger partial charge in [-0.25, -0.2) is 0 Å². The molecule has 3 rings (SSSR count). The van der Waals surface area contributed by atoms with Crippen LogP contribution in [0.5, 0.6) is 0 Å². The molecule has 0 radical (unpaired) electrons. The highest BCUT2D eigenvalue weighted by Crippen LogP contribution is 2.27. The summed E-state index contributed by atoms with van der Waals surface area (Å²) in [7, 11) is 0. The maximum absolute atomic E-state index is 12.5. The zero-order valence-electron chi connectivity index (χ0n) is 15.7. The van der Waals surface area contributed by atoms with Crippen LogP contribution in [0.2, 0.25) is 0 Å². The number of benzene rings is 1. The van der Waals surface area contributed by atoms with Gasteiger partial charge < -0.3 is 15.4 Å². The van der Waals surface area contributed by atoms with E-state index in [4.69, 9.17) is 4.74 Å². The topological polar surface area (TPSA) is 84.5 Å². The Bertz CT molecular complexity index is 677. The summed E-state index contributed by atoms with van der Waals surface area (Å²) < 4.78 is 5.09. The molecule has 0 aliphatic heterocycles. The zero-order valence-corrected chi connectivity index (χ0v) is 15.7. The summed E-state index contributed by atoms with van der Waals surface area (Å²) in [6, 6.07) is 7.10. The smallest absolute Gasteiger partial charge is 0.306 e. The summed E-state index contributed by atoms with van der Waals surface area (Å²) in [5.74, 6) is -0.559. The average molecular weight is 372 g/mol. The molecule has 6 nitrogen and oxygen atoms in total. The average Bonchev–Trinajstić information content (AvgIpc) is 3.34. The Kier molecular flexibility index (Phi) is 6.85. The lowest BCUT2D eigenvalue weighted by Crippen LogP contribution is -2.33. The van der Waals surface area contributed by atoms with Gasteiger partial charge in [0.15, 0.2) is 6.61 Å². The molecule has 0 heterocycles. The molecule has 2 aliphatic rings. The van der Waals surface area contributed by atoms with E-state index < -0.39 is 5.91 Å². The minimum absolute atomic E-state index is 0.184. The van der Waals surface area contributed by atoms with E-state index in [0.717, 1.165) is 51.4 Å². The lowest BCUT2D eigenvalue weighted by Gasteiger charge is -2.15. The highest BCUT2D eigenvalue weighted by Gasteiger charge is 2.21. The minimum atomic E-state index is -0.434. The number of ether oxygens (including phenoxy) is 1. The number of para-hydroxylation sites is 1. The van der Waals surface area contributed by atoms with Crippen LogP contribution in [0.25, 0.3) is 0 Å². The van der Waals surface area contributed by atoms with Crippen LogP contribution < -0.4 is 10.6 Å². The van der Waals surface area contributed by atoms with E-state index in [0.29, 0.717) is 23.6 Å². The number of esters is 1. The van der Waals surface area contributed by atoms with Gasteiger partial charge in [0.1, 0.15) is 0 Å². The summed E-state index contributed by atoms with van der Waals surface area (Å²) in [6.45, 7) is -0.329. The summed E-state index contributed by atoms with van der Waals surface area (Å²) in [6.07, 6.45) is 9.10. The maximum atomic E-state index is 12.5. The first-order valence-corrected chi connectivity index (χ1v) is 9.97. The first kappa shape index (κ1) is 19.4. The molecule has 146 valence electrons. The van der Waals surface area contributed by atoms with Crippen LogP contribution in [0.15, 0.2) is 24.3 Å². The molecule has 0 atom stereocenters. The molecule has 1 aromatic rings. The van der Waals surface area contributed by atoms with Crippen molar-refractivity contribution in [2.24, 2.45) is 5.92 Å². The molecule has 0 saturated heterocycles. The first-order chi connectivity index (χ1) is 13.1. The second-order valence-corrected chi connectivity index (χ2v) is 7.56. The first-order valence-electron chi connectivity index (χ1n) is 9.97. The SMILES string of the molecule is O=C(COC(=O)CC1CCCC1)Nc1ccccc1C(=O)NC1CCCC1. The van der Waals surface area contributed by atoms with Crippen molar-refractivity contribution < 1.29 is 19.1 Å². The lowest BCUT2D eigenvalue weighted by molar-refractivity contribution is -0.148. The van der Waals surface area contributed by atoms with E-state index >= 15 is 0 Å². The van der Waals surface area contributed by atoms with Crippen molar-refractivity contribution in [2.45, 2.75) is 63.8 Å². The Labute approximate surface area is 160 Å². The number of carbonyl (C=O) groups is 3. The van der Waals surface area contributed by atoms with Crippen LogP contribution >= 0.6 is 0 Å². The Morgan fingerprint density at radius 2 is 1.63 bits per heavy atom. The van der Waals surface area contributed by atoms with E-state index in [-0.39, 0.29) is 24.5 Å². The number of nitrogens with one attached hydrogen (secondary N) is 2. The predicted molar refractivity (Wildman–Crippen MR) is 102 cm³/mol. The van der Waals surface area contributed by atoms with E-state index in [9.17, 15) is 14.4 Å². The Morgan fingerprint density at radius 1 is 0.963 bits per heavy atom. The second-order valence-electron chi connectivity index (χ2n) is 7.56. The highest BCUT2D eigenvalue weighted by molar-refractivity contribution is 6.04. The molecule has 0 bridgehead atoms. The second kappa shape index (κ2) is 9.53. The third kappa shape index (κ3) is 5.81. The fourth-order valence-electron chi connectivity index (χ4n) is 3.96. The van der Waals surface area contributed by atoms with Crippen molar-refractivity contribution in [1.29, 1.82) is 0 Å². The molecule has 6 heteroatoms. The van der Waals surface area contributed by atoms with Crippen molar-refractivity contribution in [2.75, 3.05) is 11.9 Å². The summed E-state index contributed by atoms with van der Waals surface area (Å²) in [4.78, 5) is 36.5. The molecule has 0 spiro atoms. The molecule has 2 aliphatic carbocycles. The van der Waals surface area contributed by atoms with Gasteiger partial charge in [-0.05, 0) is 43.7 Å². The molecule has 0 aromatic heterocycles. The fraction of sp³-hybridized carbons (Fsp3) is 0.571. The van der Waals surface area contributed by atoms with Crippen LogP contribution in [0.1, 0.15) is 68.1 Å². The minimum Gasteiger partial charge on any atom is -0.456 e. The number of hydrogen-bond acceptors (Lipinski definition) is 4. The molecule has 27 heavy (non-hydrogen) atoms. The van der Waals surface area contributed by atoms with Gasteiger partial charge in [-0.2, -0.15) is 0 Å². The third-order valence-corrected chi connectivity index (χ3v) is 5.43. The van der Waals surface area contributed by atoms with Crippen molar-refractivity contribution in [3.63, 3.8) is 0 Å². The van der Waals surface area contributed by atoms with Crippen LogP contribution in [-0.4, -0.2) is 30.4 Å². The van der Waals surface area contributed by atoms with E-state index in [2.05, 4.69) is 10.6 Å².